The van der Waals surface area contributed by atoms with Crippen molar-refractivity contribution in [3.05, 3.63) is 33.4 Å². The standard InChI is InChI=1S/C12H13IO6/c1-8(14)18-13(19-9(2)15)11-6-4-10(5-7-11)12(16)17-3/h4-7H,1-3H3. The van der Waals surface area contributed by atoms with E-state index in [4.69, 9.17) is 6.13 Å². The van der Waals surface area contributed by atoms with Crippen LogP contribution in [0.1, 0.15) is 24.2 Å². The van der Waals surface area contributed by atoms with Gasteiger partial charge in [0.2, 0.25) is 0 Å². The van der Waals surface area contributed by atoms with Crippen molar-refractivity contribution < 1.29 is 25.3 Å². The minimum atomic E-state index is -2.81. The number of hydrogen-bond acceptors (Lipinski definition) is 6. The Balaban J connectivity index is 2.93. The molecule has 104 valence electrons. The van der Waals surface area contributed by atoms with Gasteiger partial charge < -0.3 is 0 Å². The maximum atomic E-state index is 11.3. The zero-order valence-corrected chi connectivity index (χ0v) is 12.8. The SMILES string of the molecule is COC(=O)c1ccc(I(OC(C)=O)OC(C)=O)cc1. The summed E-state index contributed by atoms with van der Waals surface area (Å²) in [5.41, 5.74) is 0.368. The van der Waals surface area contributed by atoms with E-state index in [0.29, 0.717) is 9.13 Å². The summed E-state index contributed by atoms with van der Waals surface area (Å²) >= 11 is -2.81. The first-order valence-electron chi connectivity index (χ1n) is 5.20. The summed E-state index contributed by atoms with van der Waals surface area (Å²) in [4.78, 5) is 33.2. The second-order valence-corrected chi connectivity index (χ2v) is 6.72. The fraction of sp³-hybridized carbons (Fsp3) is 0.250. The summed E-state index contributed by atoms with van der Waals surface area (Å²) < 4.78 is 15.2. The molecule has 0 N–H and O–H groups in total. The third kappa shape index (κ3) is 4.86. The number of benzene rings is 1. The quantitative estimate of drug-likeness (QED) is 0.588. The molecular formula is C12H13IO6. The number of ether oxygens (including phenoxy) is 1. The summed E-state index contributed by atoms with van der Waals surface area (Å²) in [7, 11) is 1.28. The Morgan fingerprint density at radius 1 is 0.947 bits per heavy atom. The molecule has 0 atom stereocenters. The van der Waals surface area contributed by atoms with Gasteiger partial charge in [0.25, 0.3) is 0 Å². The second kappa shape index (κ2) is 7.07. The number of esters is 1. The molecule has 1 rings (SSSR count). The second-order valence-electron chi connectivity index (χ2n) is 3.35. The number of rotatable bonds is 4. The molecule has 0 aromatic heterocycles. The number of carbonyl (C=O) groups excluding carboxylic acids is 3. The van der Waals surface area contributed by atoms with Crippen molar-refractivity contribution in [2.45, 2.75) is 13.8 Å². The fourth-order valence-corrected chi connectivity index (χ4v) is 3.78. The van der Waals surface area contributed by atoms with Crippen LogP contribution >= 0.6 is 20.6 Å². The molecule has 0 fully saturated rings. The van der Waals surface area contributed by atoms with Crippen molar-refractivity contribution in [3.63, 3.8) is 0 Å². The van der Waals surface area contributed by atoms with Gasteiger partial charge in [0.05, 0.1) is 0 Å². The Hall–Kier alpha value is -1.64. The molecule has 0 unspecified atom stereocenters. The zero-order chi connectivity index (χ0) is 14.4. The molecule has 0 amide bonds. The average Bonchev–Trinajstić information content (AvgIpc) is 2.36. The number of carbonyl (C=O) groups is 3. The molecule has 0 aliphatic carbocycles. The van der Waals surface area contributed by atoms with Crippen LogP contribution in [0.3, 0.4) is 0 Å². The summed E-state index contributed by atoms with van der Waals surface area (Å²) in [5, 5.41) is 0. The monoisotopic (exact) mass is 380 g/mol. The van der Waals surface area contributed by atoms with E-state index >= 15 is 0 Å². The van der Waals surface area contributed by atoms with Gasteiger partial charge in [-0.15, -0.1) is 0 Å². The van der Waals surface area contributed by atoms with E-state index in [1.54, 1.807) is 12.1 Å². The summed E-state index contributed by atoms with van der Waals surface area (Å²) in [5.74, 6) is -1.49. The van der Waals surface area contributed by atoms with E-state index in [-0.39, 0.29) is 0 Å². The zero-order valence-electron chi connectivity index (χ0n) is 10.6. The van der Waals surface area contributed by atoms with Crippen molar-refractivity contribution in [1.29, 1.82) is 0 Å². The fourth-order valence-electron chi connectivity index (χ4n) is 1.11. The maximum absolute atomic E-state index is 11.3. The predicted molar refractivity (Wildman–Crippen MR) is 74.0 cm³/mol. The van der Waals surface area contributed by atoms with E-state index in [2.05, 4.69) is 4.74 Å². The van der Waals surface area contributed by atoms with Gasteiger partial charge in [-0.25, -0.2) is 0 Å². The molecule has 0 aliphatic heterocycles. The first-order valence-corrected chi connectivity index (χ1v) is 8.04. The molecule has 7 heteroatoms. The van der Waals surface area contributed by atoms with Crippen LogP contribution in [0.2, 0.25) is 0 Å². The molecule has 0 bridgehead atoms. The van der Waals surface area contributed by atoms with Gasteiger partial charge in [-0.2, -0.15) is 0 Å². The van der Waals surface area contributed by atoms with Crippen LogP contribution in [0.15, 0.2) is 24.3 Å². The van der Waals surface area contributed by atoms with Crippen LogP contribution in [-0.4, -0.2) is 25.0 Å². The first kappa shape index (κ1) is 15.4. The van der Waals surface area contributed by atoms with Gasteiger partial charge in [0.15, 0.2) is 0 Å². The molecule has 0 saturated carbocycles. The number of halogens is 1. The number of hydrogen-bond donors (Lipinski definition) is 0. The molecular weight excluding hydrogens is 367 g/mol. The average molecular weight is 380 g/mol. The molecule has 0 saturated heterocycles. The van der Waals surface area contributed by atoms with Crippen molar-refractivity contribution in [2.24, 2.45) is 0 Å². The molecule has 0 spiro atoms. The molecule has 1 aromatic rings. The van der Waals surface area contributed by atoms with E-state index in [9.17, 15) is 14.4 Å². The first-order chi connectivity index (χ1) is 8.93. The van der Waals surface area contributed by atoms with Gasteiger partial charge in [-0.1, -0.05) is 0 Å². The summed E-state index contributed by atoms with van der Waals surface area (Å²) in [6, 6.07) is 6.23. The topological polar surface area (TPSA) is 78.9 Å². The van der Waals surface area contributed by atoms with Crippen molar-refractivity contribution in [1.82, 2.24) is 0 Å². The van der Waals surface area contributed by atoms with Gasteiger partial charge >= 0.3 is 118 Å². The van der Waals surface area contributed by atoms with Crippen molar-refractivity contribution in [3.8, 4) is 0 Å². The Kier molecular flexibility index (Phi) is 5.74. The van der Waals surface area contributed by atoms with Gasteiger partial charge in [-0.05, 0) is 0 Å². The minimum absolute atomic E-state index is 0.368. The van der Waals surface area contributed by atoms with E-state index < -0.39 is 38.6 Å². The third-order valence-corrected chi connectivity index (χ3v) is 5.58. The summed E-state index contributed by atoms with van der Waals surface area (Å²) in [6.07, 6.45) is 0. The van der Waals surface area contributed by atoms with Gasteiger partial charge in [0, 0.05) is 0 Å². The molecule has 1 aromatic carbocycles. The van der Waals surface area contributed by atoms with Crippen LogP contribution in [0, 0.1) is 3.57 Å². The number of methoxy groups -OCH3 is 1. The van der Waals surface area contributed by atoms with E-state index in [1.165, 1.54) is 33.1 Å². The van der Waals surface area contributed by atoms with E-state index in [0.717, 1.165) is 0 Å². The molecule has 0 radical (unpaired) electrons. The van der Waals surface area contributed by atoms with Crippen LogP contribution < -0.4 is 0 Å². The van der Waals surface area contributed by atoms with Crippen LogP contribution in [-0.2, 0) is 20.5 Å². The predicted octanol–water partition coefficient (Wildman–Crippen LogP) is 2.11. The Morgan fingerprint density at radius 3 is 1.79 bits per heavy atom. The van der Waals surface area contributed by atoms with Crippen LogP contribution in [0.5, 0.6) is 0 Å². The third-order valence-electron chi connectivity index (χ3n) is 1.80. The van der Waals surface area contributed by atoms with Crippen LogP contribution in [0.4, 0.5) is 0 Å². The molecule has 0 heterocycles. The molecule has 19 heavy (non-hydrogen) atoms. The van der Waals surface area contributed by atoms with Gasteiger partial charge in [0.1, 0.15) is 0 Å². The Morgan fingerprint density at radius 2 is 1.42 bits per heavy atom. The van der Waals surface area contributed by atoms with Crippen LogP contribution in [0.25, 0.3) is 0 Å². The molecule has 6 nitrogen and oxygen atoms in total. The molecule has 0 aliphatic rings. The van der Waals surface area contributed by atoms with E-state index in [1.807, 2.05) is 0 Å². The Labute approximate surface area is 118 Å². The van der Waals surface area contributed by atoms with Gasteiger partial charge in [-0.3, -0.25) is 0 Å². The van der Waals surface area contributed by atoms with Crippen molar-refractivity contribution in [2.75, 3.05) is 7.11 Å². The Bertz CT molecular complexity index is 465. The summed E-state index contributed by atoms with van der Waals surface area (Å²) in [6.45, 7) is 2.49. The normalized spacial score (nSPS) is 10.4. The van der Waals surface area contributed by atoms with Crippen molar-refractivity contribution >= 4 is 38.6 Å².